The van der Waals surface area contributed by atoms with Crippen LogP contribution in [0.4, 0.5) is 0 Å². The van der Waals surface area contributed by atoms with Gasteiger partial charge in [0.1, 0.15) is 5.69 Å². The summed E-state index contributed by atoms with van der Waals surface area (Å²) in [5.74, 6) is -0.967. The van der Waals surface area contributed by atoms with E-state index in [1.54, 1.807) is 6.20 Å². The van der Waals surface area contributed by atoms with E-state index in [-0.39, 0.29) is 5.69 Å². The van der Waals surface area contributed by atoms with Gasteiger partial charge in [-0.2, -0.15) is 5.10 Å². The molecular weight excluding hydrogens is 278 g/mol. The van der Waals surface area contributed by atoms with Gasteiger partial charge in [-0.05, 0) is 24.1 Å². The van der Waals surface area contributed by atoms with Crippen molar-refractivity contribution in [2.24, 2.45) is 0 Å². The molecule has 0 aliphatic carbocycles. The number of fused-ring (bicyclic) bond motifs is 2. The molecule has 2 aromatic heterocycles. The van der Waals surface area contributed by atoms with Crippen molar-refractivity contribution in [1.29, 1.82) is 0 Å². The van der Waals surface area contributed by atoms with Crippen molar-refractivity contribution in [3.05, 3.63) is 53.9 Å². The van der Waals surface area contributed by atoms with Crippen LogP contribution < -0.4 is 0 Å². The van der Waals surface area contributed by atoms with E-state index < -0.39 is 5.97 Å². The third-order valence-electron chi connectivity index (χ3n) is 4.01. The molecule has 22 heavy (non-hydrogen) atoms. The highest BCUT2D eigenvalue weighted by atomic mass is 16.4. The second kappa shape index (κ2) is 4.46. The largest absolute Gasteiger partial charge is 0.477 e. The van der Waals surface area contributed by atoms with Gasteiger partial charge >= 0.3 is 5.97 Å². The SMILES string of the molecule is Cc1cccc2c(-c3cccc4[nH]ncc34)c(C(=O)O)[nH]c12. The first kappa shape index (κ1) is 12.6. The minimum atomic E-state index is -0.967. The number of nitrogens with one attached hydrogen (secondary N) is 2. The van der Waals surface area contributed by atoms with Gasteiger partial charge in [-0.1, -0.05) is 30.3 Å². The lowest BCUT2D eigenvalue weighted by Crippen LogP contribution is -1.98. The number of hydrogen-bond acceptors (Lipinski definition) is 2. The highest BCUT2D eigenvalue weighted by Gasteiger charge is 2.21. The van der Waals surface area contributed by atoms with Crippen LogP contribution in [0.3, 0.4) is 0 Å². The average Bonchev–Trinajstić information content (AvgIpc) is 3.11. The number of carboxylic acid groups (broad SMARTS) is 1. The summed E-state index contributed by atoms with van der Waals surface area (Å²) in [5, 5.41) is 18.4. The molecule has 2 aromatic carbocycles. The van der Waals surface area contributed by atoms with Crippen molar-refractivity contribution >= 4 is 27.8 Å². The Bertz CT molecular complexity index is 1030. The van der Waals surface area contributed by atoms with Crippen LogP contribution in [0.25, 0.3) is 32.9 Å². The molecule has 4 rings (SSSR count). The summed E-state index contributed by atoms with van der Waals surface area (Å²) < 4.78 is 0. The van der Waals surface area contributed by atoms with Crippen LogP contribution in [-0.2, 0) is 0 Å². The predicted octanol–water partition coefficient (Wildman–Crippen LogP) is 3.72. The van der Waals surface area contributed by atoms with Crippen LogP contribution in [0, 0.1) is 6.92 Å². The molecule has 0 radical (unpaired) electrons. The summed E-state index contributed by atoms with van der Waals surface area (Å²) in [6, 6.07) is 11.6. The van der Waals surface area contributed by atoms with Crippen LogP contribution in [0.1, 0.15) is 16.1 Å². The average molecular weight is 291 g/mol. The normalized spacial score (nSPS) is 11.3. The Morgan fingerprint density at radius 2 is 1.95 bits per heavy atom. The molecular formula is C17H13N3O2. The molecule has 108 valence electrons. The molecule has 0 atom stereocenters. The van der Waals surface area contributed by atoms with E-state index in [9.17, 15) is 9.90 Å². The number of nitrogens with zero attached hydrogens (tertiary/aromatic N) is 1. The molecule has 5 nitrogen and oxygen atoms in total. The van der Waals surface area contributed by atoms with E-state index in [0.717, 1.165) is 32.9 Å². The quantitative estimate of drug-likeness (QED) is 0.526. The summed E-state index contributed by atoms with van der Waals surface area (Å²) in [4.78, 5) is 14.8. The number of aromatic amines is 2. The van der Waals surface area contributed by atoms with E-state index in [4.69, 9.17) is 0 Å². The van der Waals surface area contributed by atoms with Crippen molar-refractivity contribution < 1.29 is 9.90 Å². The summed E-state index contributed by atoms with van der Waals surface area (Å²) >= 11 is 0. The van der Waals surface area contributed by atoms with Gasteiger partial charge in [0.05, 0.1) is 11.7 Å². The molecule has 0 bridgehead atoms. The third-order valence-corrected chi connectivity index (χ3v) is 4.01. The Balaban J connectivity index is 2.18. The lowest BCUT2D eigenvalue weighted by atomic mass is 9.98. The standard InChI is InChI=1S/C17H13N3O2/c1-9-4-2-6-11-14(16(17(21)22)19-15(9)11)10-5-3-7-13-12(10)8-18-20-13/h2-8,19H,1H3,(H,18,20)(H,21,22). The van der Waals surface area contributed by atoms with Crippen LogP contribution >= 0.6 is 0 Å². The van der Waals surface area contributed by atoms with Crippen LogP contribution in [0.2, 0.25) is 0 Å². The molecule has 2 heterocycles. The Labute approximate surface area is 125 Å². The van der Waals surface area contributed by atoms with Crippen molar-refractivity contribution in [2.75, 3.05) is 0 Å². The maximum atomic E-state index is 11.7. The number of benzene rings is 2. The van der Waals surface area contributed by atoms with E-state index >= 15 is 0 Å². The number of aromatic carboxylic acids is 1. The molecule has 4 aromatic rings. The number of aromatic nitrogens is 3. The molecule has 5 heteroatoms. The summed E-state index contributed by atoms with van der Waals surface area (Å²) in [6.07, 6.45) is 1.73. The molecule has 0 fully saturated rings. The Kier molecular flexibility index (Phi) is 2.56. The maximum Gasteiger partial charge on any atom is 0.352 e. The van der Waals surface area contributed by atoms with Gasteiger partial charge in [0.15, 0.2) is 0 Å². The van der Waals surface area contributed by atoms with Gasteiger partial charge in [-0.15, -0.1) is 0 Å². The van der Waals surface area contributed by atoms with Crippen LogP contribution in [0.15, 0.2) is 42.6 Å². The summed E-state index contributed by atoms with van der Waals surface area (Å²) in [5.41, 5.74) is 4.54. The zero-order valence-corrected chi connectivity index (χ0v) is 11.8. The fraction of sp³-hybridized carbons (Fsp3) is 0.0588. The number of aryl methyl sites for hydroxylation is 1. The summed E-state index contributed by atoms with van der Waals surface area (Å²) in [6.45, 7) is 1.96. The van der Waals surface area contributed by atoms with Crippen molar-refractivity contribution in [3.8, 4) is 11.1 Å². The van der Waals surface area contributed by atoms with E-state index in [0.29, 0.717) is 5.56 Å². The van der Waals surface area contributed by atoms with Gasteiger partial charge in [0, 0.05) is 21.9 Å². The smallest absolute Gasteiger partial charge is 0.352 e. The minimum Gasteiger partial charge on any atom is -0.477 e. The highest BCUT2D eigenvalue weighted by Crippen LogP contribution is 2.37. The lowest BCUT2D eigenvalue weighted by Gasteiger charge is -2.04. The van der Waals surface area contributed by atoms with Gasteiger partial charge in [-0.3, -0.25) is 5.10 Å². The molecule has 0 aliphatic heterocycles. The van der Waals surface area contributed by atoms with Gasteiger partial charge < -0.3 is 10.1 Å². The fourth-order valence-corrected chi connectivity index (χ4v) is 2.99. The Morgan fingerprint density at radius 1 is 1.14 bits per heavy atom. The first-order valence-corrected chi connectivity index (χ1v) is 6.94. The topological polar surface area (TPSA) is 81.8 Å². The minimum absolute atomic E-state index is 0.206. The molecule has 0 saturated carbocycles. The first-order valence-electron chi connectivity index (χ1n) is 6.94. The lowest BCUT2D eigenvalue weighted by molar-refractivity contribution is 0.0692. The first-order chi connectivity index (χ1) is 10.7. The molecule has 3 N–H and O–H groups in total. The van der Waals surface area contributed by atoms with Gasteiger partial charge in [0.2, 0.25) is 0 Å². The molecule has 0 unspecified atom stereocenters. The monoisotopic (exact) mass is 291 g/mol. The maximum absolute atomic E-state index is 11.7. The van der Waals surface area contributed by atoms with E-state index in [1.165, 1.54) is 0 Å². The zero-order valence-electron chi connectivity index (χ0n) is 11.8. The number of rotatable bonds is 2. The highest BCUT2D eigenvalue weighted by molar-refractivity contribution is 6.12. The van der Waals surface area contributed by atoms with Gasteiger partial charge in [0.25, 0.3) is 0 Å². The van der Waals surface area contributed by atoms with Crippen molar-refractivity contribution in [3.63, 3.8) is 0 Å². The van der Waals surface area contributed by atoms with E-state index in [1.807, 2.05) is 43.3 Å². The third kappa shape index (κ3) is 1.65. The molecule has 0 amide bonds. The second-order valence-electron chi connectivity index (χ2n) is 5.31. The van der Waals surface area contributed by atoms with Gasteiger partial charge in [-0.25, -0.2) is 4.79 Å². The predicted molar refractivity (Wildman–Crippen MR) is 85.1 cm³/mol. The van der Waals surface area contributed by atoms with E-state index in [2.05, 4.69) is 15.2 Å². The Morgan fingerprint density at radius 3 is 2.77 bits per heavy atom. The number of para-hydroxylation sites is 1. The molecule has 0 spiro atoms. The summed E-state index contributed by atoms with van der Waals surface area (Å²) in [7, 11) is 0. The van der Waals surface area contributed by atoms with Crippen LogP contribution in [0.5, 0.6) is 0 Å². The number of carbonyl (C=O) groups is 1. The fourth-order valence-electron chi connectivity index (χ4n) is 2.99. The molecule has 0 aliphatic rings. The molecule has 0 saturated heterocycles. The number of carboxylic acids is 1. The van der Waals surface area contributed by atoms with Crippen molar-refractivity contribution in [1.82, 2.24) is 15.2 Å². The van der Waals surface area contributed by atoms with Crippen molar-refractivity contribution in [2.45, 2.75) is 6.92 Å². The Hall–Kier alpha value is -3.08. The zero-order chi connectivity index (χ0) is 15.3. The second-order valence-corrected chi connectivity index (χ2v) is 5.31. The number of hydrogen-bond donors (Lipinski definition) is 3. The van der Waals surface area contributed by atoms with Crippen LogP contribution in [-0.4, -0.2) is 26.3 Å². The number of H-pyrrole nitrogens is 2.